The smallest absolute Gasteiger partial charge is 0.258 e. The number of carbonyl (C=O) groups excluding carboxylic acids is 1. The molecular formula is C24H18Cl2FN5O. The number of amides is 1. The Labute approximate surface area is 200 Å². The van der Waals surface area contributed by atoms with E-state index in [1.54, 1.807) is 4.68 Å². The topological polar surface area (TPSA) is 71.8 Å². The summed E-state index contributed by atoms with van der Waals surface area (Å²) in [6, 6.07) is 22.4. The van der Waals surface area contributed by atoms with Crippen LogP contribution in [-0.2, 0) is 0 Å². The normalized spacial score (nSPS) is 14.4. The summed E-state index contributed by atoms with van der Waals surface area (Å²) in [7, 11) is 0. The van der Waals surface area contributed by atoms with Gasteiger partial charge in [0.05, 0.1) is 0 Å². The molecule has 0 bridgehead atoms. The molecule has 5 rings (SSSR count). The highest BCUT2D eigenvalue weighted by Gasteiger charge is 2.26. The first kappa shape index (κ1) is 22.5. The van der Waals surface area contributed by atoms with Crippen molar-refractivity contribution in [2.24, 2.45) is 0 Å². The maximum Gasteiger partial charge on any atom is 0.258 e. The second-order valence-corrected chi connectivity index (χ2v) is 7.67. The van der Waals surface area contributed by atoms with E-state index in [0.29, 0.717) is 16.5 Å². The number of fused-ring (bicyclic) bond motifs is 1. The summed E-state index contributed by atoms with van der Waals surface area (Å²) in [6.07, 6.45) is 2.05. The van der Waals surface area contributed by atoms with Crippen LogP contribution in [0.3, 0.4) is 0 Å². The Hall–Kier alpha value is -3.68. The number of aromatic nitrogens is 3. The third kappa shape index (κ3) is 4.74. The fourth-order valence-electron chi connectivity index (χ4n) is 3.50. The molecule has 3 aromatic carbocycles. The molecule has 1 unspecified atom stereocenters. The highest BCUT2D eigenvalue weighted by molar-refractivity contribution is 6.30. The minimum Gasteiger partial charge on any atom is -0.324 e. The van der Waals surface area contributed by atoms with E-state index in [-0.39, 0.29) is 24.4 Å². The monoisotopic (exact) mass is 481 g/mol. The van der Waals surface area contributed by atoms with Gasteiger partial charge in [-0.15, -0.1) is 17.5 Å². The highest BCUT2D eigenvalue weighted by Crippen LogP contribution is 2.33. The zero-order valence-electron chi connectivity index (χ0n) is 17.1. The number of hydrogen-bond donors (Lipinski definition) is 2. The van der Waals surface area contributed by atoms with Crippen LogP contribution in [0.1, 0.15) is 27.5 Å². The molecule has 0 aliphatic carbocycles. The molecule has 9 heteroatoms. The van der Waals surface area contributed by atoms with Gasteiger partial charge in [0.2, 0.25) is 5.95 Å². The Morgan fingerprint density at radius 3 is 2.39 bits per heavy atom. The molecule has 1 aliphatic rings. The summed E-state index contributed by atoms with van der Waals surface area (Å²) in [6.45, 7) is 0. The van der Waals surface area contributed by atoms with E-state index in [1.807, 2.05) is 60.7 Å². The predicted molar refractivity (Wildman–Crippen MR) is 129 cm³/mol. The lowest BCUT2D eigenvalue weighted by atomic mass is 10.0. The molecule has 0 saturated heterocycles. The quantitative estimate of drug-likeness (QED) is 0.386. The Morgan fingerprint density at radius 2 is 1.70 bits per heavy atom. The number of benzene rings is 3. The zero-order valence-corrected chi connectivity index (χ0v) is 18.6. The van der Waals surface area contributed by atoms with Gasteiger partial charge < -0.3 is 5.32 Å². The summed E-state index contributed by atoms with van der Waals surface area (Å²) in [4.78, 5) is 17.0. The van der Waals surface area contributed by atoms with Gasteiger partial charge in [0.25, 0.3) is 11.9 Å². The Morgan fingerprint density at radius 1 is 1.00 bits per heavy atom. The average Bonchev–Trinajstić information content (AvgIpc) is 3.22. The fourth-order valence-corrected chi connectivity index (χ4v) is 3.63. The first-order valence-corrected chi connectivity index (χ1v) is 10.3. The lowest BCUT2D eigenvalue weighted by Crippen LogP contribution is -2.20. The van der Waals surface area contributed by atoms with E-state index in [9.17, 15) is 9.18 Å². The molecule has 33 heavy (non-hydrogen) atoms. The van der Waals surface area contributed by atoms with Crippen molar-refractivity contribution >= 4 is 47.5 Å². The summed E-state index contributed by atoms with van der Waals surface area (Å²) in [5.41, 5.74) is 3.15. The van der Waals surface area contributed by atoms with Gasteiger partial charge in [-0.1, -0.05) is 54.1 Å². The summed E-state index contributed by atoms with van der Waals surface area (Å²) in [5, 5.41) is 11.1. The molecule has 6 nitrogen and oxygen atoms in total. The molecule has 1 amide bonds. The maximum absolute atomic E-state index is 13.2. The third-order valence-corrected chi connectivity index (χ3v) is 5.35. The van der Waals surface area contributed by atoms with Gasteiger partial charge in [0.15, 0.2) is 0 Å². The zero-order chi connectivity index (χ0) is 22.1. The summed E-state index contributed by atoms with van der Waals surface area (Å²) in [5.74, 6) is -0.205. The predicted octanol–water partition coefficient (Wildman–Crippen LogP) is 5.80. The van der Waals surface area contributed by atoms with Gasteiger partial charge in [-0.2, -0.15) is 4.98 Å². The maximum atomic E-state index is 13.2. The molecule has 1 atom stereocenters. The van der Waals surface area contributed by atoms with Crippen molar-refractivity contribution in [2.75, 3.05) is 10.6 Å². The second kappa shape index (κ2) is 9.44. The number of nitrogens with zero attached hydrogens (tertiary/aromatic N) is 3. The van der Waals surface area contributed by atoms with Gasteiger partial charge in [-0.3, -0.25) is 10.1 Å². The number of rotatable bonds is 4. The summed E-state index contributed by atoms with van der Waals surface area (Å²) < 4.78 is 14.9. The van der Waals surface area contributed by atoms with Crippen molar-refractivity contribution in [3.8, 4) is 0 Å². The molecule has 4 aromatic rings. The fraction of sp³-hybridized carbons (Fsp3) is 0.0417. The van der Waals surface area contributed by atoms with Crippen molar-refractivity contribution in [1.29, 1.82) is 0 Å². The van der Waals surface area contributed by atoms with Crippen LogP contribution >= 0.6 is 24.0 Å². The van der Waals surface area contributed by atoms with Crippen molar-refractivity contribution in [3.05, 3.63) is 112 Å². The number of halogens is 3. The van der Waals surface area contributed by atoms with Crippen LogP contribution in [-0.4, -0.2) is 20.7 Å². The number of anilines is 2. The number of hydrogen-bond acceptors (Lipinski definition) is 4. The molecule has 1 aromatic heterocycles. The van der Waals surface area contributed by atoms with Crippen molar-refractivity contribution in [3.63, 3.8) is 0 Å². The molecule has 166 valence electrons. The van der Waals surface area contributed by atoms with Gasteiger partial charge >= 0.3 is 0 Å². The van der Waals surface area contributed by atoms with Crippen LogP contribution in [0.2, 0.25) is 5.02 Å². The lowest BCUT2D eigenvalue weighted by molar-refractivity contribution is 0.102. The molecule has 2 N–H and O–H groups in total. The van der Waals surface area contributed by atoms with E-state index >= 15 is 0 Å². The minimum absolute atomic E-state index is 0. The SMILES string of the molecule is Cl.O=C(Nc1nc2n(n1)C(c1ccc(Cl)cc1)C=C(c1ccccc1)N2)c1ccc(F)cc1. The van der Waals surface area contributed by atoms with Crippen molar-refractivity contribution < 1.29 is 9.18 Å². The van der Waals surface area contributed by atoms with Crippen molar-refractivity contribution in [2.45, 2.75) is 6.04 Å². The molecule has 0 radical (unpaired) electrons. The first-order valence-electron chi connectivity index (χ1n) is 9.90. The second-order valence-electron chi connectivity index (χ2n) is 7.23. The van der Waals surface area contributed by atoms with Crippen LogP contribution in [0.15, 0.2) is 84.9 Å². The van der Waals surface area contributed by atoms with Crippen LogP contribution in [0, 0.1) is 5.82 Å². The van der Waals surface area contributed by atoms with Gasteiger partial charge in [0, 0.05) is 16.3 Å². The lowest BCUT2D eigenvalue weighted by Gasteiger charge is -2.24. The highest BCUT2D eigenvalue weighted by atomic mass is 35.5. The molecule has 0 saturated carbocycles. The van der Waals surface area contributed by atoms with Crippen LogP contribution < -0.4 is 10.6 Å². The van der Waals surface area contributed by atoms with E-state index in [4.69, 9.17) is 11.6 Å². The Balaban J connectivity index is 0.00000259. The van der Waals surface area contributed by atoms with Gasteiger partial charge in [-0.05, 0) is 53.6 Å². The number of carbonyl (C=O) groups is 1. The van der Waals surface area contributed by atoms with Crippen molar-refractivity contribution in [1.82, 2.24) is 14.8 Å². The Bertz CT molecular complexity index is 1310. The average molecular weight is 482 g/mol. The number of nitrogens with one attached hydrogen (secondary N) is 2. The van der Waals surface area contributed by atoms with E-state index < -0.39 is 11.7 Å². The molecule has 0 spiro atoms. The number of allylic oxidation sites excluding steroid dienone is 1. The van der Waals surface area contributed by atoms with E-state index in [1.165, 1.54) is 24.3 Å². The largest absolute Gasteiger partial charge is 0.324 e. The van der Waals surface area contributed by atoms with E-state index in [0.717, 1.165) is 16.8 Å². The molecule has 1 aliphatic heterocycles. The molecule has 2 heterocycles. The van der Waals surface area contributed by atoms with Gasteiger partial charge in [0.1, 0.15) is 11.9 Å². The molecule has 0 fully saturated rings. The molecular weight excluding hydrogens is 464 g/mol. The van der Waals surface area contributed by atoms with Crippen LogP contribution in [0.4, 0.5) is 16.3 Å². The third-order valence-electron chi connectivity index (χ3n) is 5.09. The van der Waals surface area contributed by atoms with Crippen LogP contribution in [0.25, 0.3) is 5.70 Å². The minimum atomic E-state index is -0.424. The Kier molecular flexibility index (Phi) is 6.44. The van der Waals surface area contributed by atoms with Crippen LogP contribution in [0.5, 0.6) is 0 Å². The first-order chi connectivity index (χ1) is 15.6. The van der Waals surface area contributed by atoms with Gasteiger partial charge in [-0.25, -0.2) is 9.07 Å². The standard InChI is InChI=1S/C24H17ClFN5O.ClH/c25-18-10-6-16(7-11-18)21-14-20(15-4-2-1-3-5-15)27-24-29-23(30-31(21)24)28-22(32)17-8-12-19(26)13-9-17;/h1-14,21H,(H2,27,28,29,30,32);1H. The van der Waals surface area contributed by atoms with E-state index in [2.05, 4.69) is 20.7 Å². The summed E-state index contributed by atoms with van der Waals surface area (Å²) >= 11 is 6.07.